The molecule has 10 heterocycles. The molecule has 53 heavy (non-hydrogen) atoms. The molecular formula is C41H63BrO11. The third-order valence-corrected chi connectivity index (χ3v) is 17.1. The van der Waals surface area contributed by atoms with Crippen molar-refractivity contribution in [3.05, 3.63) is 0 Å². The lowest BCUT2D eigenvalue weighted by molar-refractivity contribution is -0.571. The average Bonchev–Trinajstić information content (AvgIpc) is 3.52. The summed E-state index contributed by atoms with van der Waals surface area (Å²) in [5, 5.41) is 0.868. The Balaban J connectivity index is 0.912. The van der Waals surface area contributed by atoms with Crippen LogP contribution in [-0.4, -0.2) is 78.2 Å². The molecule has 10 saturated heterocycles. The first-order valence-electron chi connectivity index (χ1n) is 21.3. The Labute approximate surface area is 323 Å². The van der Waals surface area contributed by atoms with Gasteiger partial charge in [0.05, 0.1) is 31.5 Å². The number of alkyl halides is 1. The van der Waals surface area contributed by atoms with Gasteiger partial charge in [0.15, 0.2) is 23.8 Å². The van der Waals surface area contributed by atoms with Crippen molar-refractivity contribution >= 4 is 15.9 Å². The maximum atomic E-state index is 7.11. The summed E-state index contributed by atoms with van der Waals surface area (Å²) >= 11 is 3.62. The van der Waals surface area contributed by atoms with Crippen molar-refractivity contribution in [2.45, 2.75) is 178 Å². The van der Waals surface area contributed by atoms with E-state index in [-0.39, 0.29) is 53.8 Å². The minimum Gasteiger partial charge on any atom is -0.346 e. The van der Waals surface area contributed by atoms with Crippen LogP contribution < -0.4 is 0 Å². The minimum absolute atomic E-state index is 0.0225. The monoisotopic (exact) mass is 810 g/mol. The van der Waals surface area contributed by atoms with Gasteiger partial charge in [-0.3, -0.25) is 0 Å². The first-order valence-corrected chi connectivity index (χ1v) is 22.5. The topological polar surface area (TPSA) is 102 Å². The van der Waals surface area contributed by atoms with Gasteiger partial charge in [-0.1, -0.05) is 43.6 Å². The largest absolute Gasteiger partial charge is 0.346 e. The van der Waals surface area contributed by atoms with Crippen LogP contribution in [0.4, 0.5) is 0 Å². The Hall–Kier alpha value is 0.0400. The smallest absolute Gasteiger partial charge is 0.283 e. The zero-order valence-electron chi connectivity index (χ0n) is 32.6. The Morgan fingerprint density at radius 3 is 1.55 bits per heavy atom. The summed E-state index contributed by atoms with van der Waals surface area (Å²) < 4.78 is 47.9. The second-order valence-electron chi connectivity index (χ2n) is 19.6. The Kier molecular flexibility index (Phi) is 9.35. The average molecular weight is 812 g/mol. The van der Waals surface area contributed by atoms with Gasteiger partial charge in [0.1, 0.15) is 0 Å². The zero-order valence-corrected chi connectivity index (χ0v) is 34.2. The molecule has 12 heteroatoms. The highest BCUT2D eigenvalue weighted by Crippen LogP contribution is 2.63. The second-order valence-corrected chi connectivity index (χ2v) is 20.4. The lowest BCUT2D eigenvalue weighted by Gasteiger charge is -2.61. The molecule has 0 radical (unpaired) electrons. The lowest BCUT2D eigenvalue weighted by Crippen LogP contribution is -2.71. The fourth-order valence-electron chi connectivity index (χ4n) is 13.5. The third kappa shape index (κ3) is 5.64. The summed E-state index contributed by atoms with van der Waals surface area (Å²) in [6.07, 6.45) is 10.5. The maximum Gasteiger partial charge on any atom is 0.283 e. The number of halogens is 1. The predicted molar refractivity (Wildman–Crippen MR) is 192 cm³/mol. The van der Waals surface area contributed by atoms with E-state index < -0.39 is 41.3 Å². The Morgan fingerprint density at radius 1 is 0.585 bits per heavy atom. The fraction of sp³-hybridized carbons (Fsp3) is 1.00. The summed E-state index contributed by atoms with van der Waals surface area (Å²) in [5.74, 6) is 0.538. The quantitative estimate of drug-likeness (QED) is 0.186. The molecule has 2 saturated carbocycles. The number of rotatable bonds is 7. The first kappa shape index (κ1) is 37.3. The van der Waals surface area contributed by atoms with Crippen LogP contribution in [0.5, 0.6) is 0 Å². The highest BCUT2D eigenvalue weighted by molar-refractivity contribution is 9.09. The molecule has 0 amide bonds. The van der Waals surface area contributed by atoms with Crippen molar-refractivity contribution in [1.82, 2.24) is 0 Å². The van der Waals surface area contributed by atoms with Crippen molar-refractivity contribution in [2.24, 2.45) is 59.2 Å². The van der Waals surface area contributed by atoms with Crippen LogP contribution in [0.25, 0.3) is 0 Å². The van der Waals surface area contributed by atoms with Crippen molar-refractivity contribution in [3.63, 3.8) is 0 Å². The van der Waals surface area contributed by atoms with Gasteiger partial charge >= 0.3 is 0 Å². The van der Waals surface area contributed by atoms with E-state index in [1.54, 1.807) is 0 Å². The van der Waals surface area contributed by atoms with E-state index in [1.165, 1.54) is 12.8 Å². The summed E-state index contributed by atoms with van der Waals surface area (Å²) in [6, 6.07) is 0. The standard InChI is InChI=1S/C41H63BrO11/c1-22-8-10-30-24(3)32(45-35-40(30)28(22)12-15-37(5,48-35)50-52-40)18-26-20-43-39(14-7-17-42)44-21-27(34(26)47-39)19-33-25(4)31-11-9-23(2)29-13-16-38(6)49-36(46-33)41(29,31)53-51-38/h22-36H,7-21H2,1-6H3/t22-,23-,24-,25-,26?,27?,28+,29+,30+,31+,32-,33-,34?,35-,36-,37?,38?,39?,40-,41-/m1/s1. The molecule has 18 atom stereocenters. The lowest BCUT2D eigenvalue weighted by atomic mass is 9.57. The Morgan fingerprint density at radius 2 is 1.08 bits per heavy atom. The van der Waals surface area contributed by atoms with E-state index in [9.17, 15) is 0 Å². The molecule has 12 rings (SSSR count). The van der Waals surface area contributed by atoms with Crippen molar-refractivity contribution < 1.29 is 52.7 Å². The Bertz CT molecular complexity index is 1300. The molecule has 10 aliphatic heterocycles. The third-order valence-electron chi connectivity index (χ3n) is 16.6. The summed E-state index contributed by atoms with van der Waals surface area (Å²) in [5.41, 5.74) is -1.13. The van der Waals surface area contributed by atoms with Crippen LogP contribution >= 0.6 is 15.9 Å². The van der Waals surface area contributed by atoms with Crippen LogP contribution in [0.15, 0.2) is 0 Å². The molecule has 0 N–H and O–H groups in total. The van der Waals surface area contributed by atoms with E-state index in [4.69, 9.17) is 52.7 Å². The molecule has 300 valence electrons. The zero-order chi connectivity index (χ0) is 36.5. The van der Waals surface area contributed by atoms with Crippen molar-refractivity contribution in [3.8, 4) is 0 Å². The van der Waals surface area contributed by atoms with Gasteiger partial charge in [-0.25, -0.2) is 19.6 Å². The van der Waals surface area contributed by atoms with E-state index in [1.807, 2.05) is 13.8 Å². The number of fused-ring (bicyclic) bond motifs is 6. The van der Waals surface area contributed by atoms with Crippen LogP contribution in [-0.2, 0) is 52.7 Å². The number of hydrogen-bond acceptors (Lipinski definition) is 11. The second kappa shape index (κ2) is 13.3. The molecule has 0 aromatic carbocycles. The normalized spacial score (nSPS) is 59.7. The molecule has 0 aromatic rings. The van der Waals surface area contributed by atoms with Gasteiger partial charge in [-0.05, 0) is 107 Å². The minimum atomic E-state index is -1.01. The van der Waals surface area contributed by atoms with Gasteiger partial charge in [-0.15, -0.1) is 0 Å². The molecule has 6 bridgehead atoms. The van der Waals surface area contributed by atoms with Crippen LogP contribution in [0.1, 0.15) is 119 Å². The molecule has 2 aliphatic carbocycles. The molecule has 4 unspecified atom stereocenters. The van der Waals surface area contributed by atoms with Gasteiger partial charge in [0, 0.05) is 48.3 Å². The summed E-state index contributed by atoms with van der Waals surface area (Å²) in [6.45, 7) is 14.6. The van der Waals surface area contributed by atoms with Crippen molar-refractivity contribution in [1.29, 1.82) is 0 Å². The van der Waals surface area contributed by atoms with Gasteiger partial charge in [-0.2, -0.15) is 0 Å². The van der Waals surface area contributed by atoms with Gasteiger partial charge < -0.3 is 33.2 Å². The molecule has 2 spiro atoms. The van der Waals surface area contributed by atoms with E-state index in [2.05, 4.69) is 43.6 Å². The van der Waals surface area contributed by atoms with E-state index >= 15 is 0 Å². The fourth-order valence-corrected chi connectivity index (χ4v) is 13.8. The molecular weight excluding hydrogens is 748 g/mol. The number of ether oxygens (including phenoxy) is 7. The summed E-state index contributed by atoms with van der Waals surface area (Å²) in [4.78, 5) is 25.1. The van der Waals surface area contributed by atoms with Crippen LogP contribution in [0, 0.1) is 59.2 Å². The van der Waals surface area contributed by atoms with Gasteiger partial charge in [0.2, 0.25) is 11.6 Å². The van der Waals surface area contributed by atoms with Gasteiger partial charge in [0.25, 0.3) is 5.97 Å². The molecule has 0 aromatic heterocycles. The van der Waals surface area contributed by atoms with Crippen LogP contribution in [0.3, 0.4) is 0 Å². The van der Waals surface area contributed by atoms with Crippen LogP contribution in [0.2, 0.25) is 0 Å². The highest BCUT2D eigenvalue weighted by Gasteiger charge is 2.71. The molecule has 11 nitrogen and oxygen atoms in total. The molecule has 12 fully saturated rings. The SMILES string of the molecule is C[C@H]1[C@@H](CC2COC3(CCCBr)OCC(C[C@H]4O[C@@H]5OC6(C)CC[C@H]7[C@H](C)CC[C@@H]([C@H]4C)[C@@]57OO6)C2O3)O[C@@H]2OC3(C)CC[C@H]4[C@H](C)CC[C@@H]1[C@@]24OO3. The van der Waals surface area contributed by atoms with E-state index in [0.717, 1.165) is 63.1 Å². The van der Waals surface area contributed by atoms with E-state index in [0.29, 0.717) is 43.3 Å². The van der Waals surface area contributed by atoms with Crippen molar-refractivity contribution in [2.75, 3.05) is 18.5 Å². The maximum absolute atomic E-state index is 7.11. The summed E-state index contributed by atoms with van der Waals surface area (Å²) in [7, 11) is 0. The highest BCUT2D eigenvalue weighted by atomic mass is 79.9. The predicted octanol–water partition coefficient (Wildman–Crippen LogP) is 7.77. The molecule has 12 aliphatic rings. The number of hydrogen-bond donors (Lipinski definition) is 0. The first-order chi connectivity index (χ1) is 25.4.